The van der Waals surface area contributed by atoms with Crippen molar-refractivity contribution in [3.8, 4) is 5.82 Å². The summed E-state index contributed by atoms with van der Waals surface area (Å²) in [5.74, 6) is 0.354. The molecule has 1 atom stereocenters. The van der Waals surface area contributed by atoms with Gasteiger partial charge in [-0.2, -0.15) is 15.1 Å². The zero-order chi connectivity index (χ0) is 25.9. The van der Waals surface area contributed by atoms with Crippen molar-refractivity contribution >= 4 is 23.5 Å². The Morgan fingerprint density at radius 1 is 1.03 bits per heavy atom. The lowest BCUT2D eigenvalue weighted by atomic mass is 10.2. The monoisotopic (exact) mass is 510 g/mol. The average molecular weight is 511 g/mol. The summed E-state index contributed by atoms with van der Waals surface area (Å²) >= 11 is 0. The Bertz CT molecular complexity index is 1250. The van der Waals surface area contributed by atoms with Crippen molar-refractivity contribution < 1.29 is 13.9 Å². The van der Waals surface area contributed by atoms with E-state index in [2.05, 4.69) is 30.9 Å². The number of nitrogens with two attached hydrogens (primary N) is 1. The predicted molar refractivity (Wildman–Crippen MR) is 140 cm³/mol. The molecule has 0 saturated carbocycles. The van der Waals surface area contributed by atoms with E-state index in [-0.39, 0.29) is 18.6 Å². The number of piperazine rings is 1. The van der Waals surface area contributed by atoms with Gasteiger partial charge in [-0.3, -0.25) is 4.90 Å². The highest BCUT2D eigenvalue weighted by Crippen LogP contribution is 2.26. The van der Waals surface area contributed by atoms with E-state index in [0.717, 1.165) is 56.3 Å². The second-order valence-corrected chi connectivity index (χ2v) is 9.53. The van der Waals surface area contributed by atoms with Crippen LogP contribution in [0.25, 0.3) is 11.9 Å². The first-order valence-electron chi connectivity index (χ1n) is 12.6. The minimum absolute atomic E-state index is 0.0382. The Morgan fingerprint density at radius 2 is 1.76 bits per heavy atom. The van der Waals surface area contributed by atoms with Crippen molar-refractivity contribution in [3.63, 3.8) is 0 Å². The van der Waals surface area contributed by atoms with Crippen molar-refractivity contribution in [2.75, 3.05) is 61.4 Å². The van der Waals surface area contributed by atoms with Crippen LogP contribution in [0.3, 0.4) is 0 Å². The lowest BCUT2D eigenvalue weighted by Crippen LogP contribution is -2.46. The second-order valence-electron chi connectivity index (χ2n) is 9.53. The van der Waals surface area contributed by atoms with Crippen molar-refractivity contribution in [3.05, 3.63) is 59.4 Å². The van der Waals surface area contributed by atoms with E-state index in [1.165, 1.54) is 12.1 Å². The molecule has 0 unspecified atom stereocenters. The molecule has 0 radical (unpaired) electrons. The third kappa shape index (κ3) is 5.57. The summed E-state index contributed by atoms with van der Waals surface area (Å²) in [6.45, 7) is 6.66. The first-order valence-corrected chi connectivity index (χ1v) is 12.6. The SMILES string of the molecule is Cc1c(C=CCN2CCN(c3cc(F)cc(F)c3)CC2)cnn1-c1cc(N2CCC[C@H]2CO)nc(N)n1. The molecule has 0 spiro atoms. The van der Waals surface area contributed by atoms with Crippen LogP contribution in [0.5, 0.6) is 0 Å². The number of hydrogen-bond donors (Lipinski definition) is 2. The molecule has 0 amide bonds. The zero-order valence-corrected chi connectivity index (χ0v) is 20.9. The van der Waals surface area contributed by atoms with E-state index < -0.39 is 11.6 Å². The van der Waals surface area contributed by atoms with Crippen molar-refractivity contribution in [2.45, 2.75) is 25.8 Å². The first-order chi connectivity index (χ1) is 17.9. The lowest BCUT2D eigenvalue weighted by molar-refractivity contribution is 0.266. The minimum atomic E-state index is -0.553. The normalized spacial score (nSPS) is 18.9. The van der Waals surface area contributed by atoms with Gasteiger partial charge in [-0.15, -0.1) is 0 Å². The number of aromatic nitrogens is 4. The van der Waals surface area contributed by atoms with Gasteiger partial charge in [-0.25, -0.2) is 13.5 Å². The Balaban J connectivity index is 1.22. The summed E-state index contributed by atoms with van der Waals surface area (Å²) in [5, 5.41) is 14.2. The van der Waals surface area contributed by atoms with Gasteiger partial charge in [0.05, 0.1) is 24.5 Å². The summed E-state index contributed by atoms with van der Waals surface area (Å²) in [6, 6.07) is 5.55. The Morgan fingerprint density at radius 3 is 2.49 bits per heavy atom. The standard InChI is InChI=1S/C26H32F2N8O/c1-18-19(4-2-6-33-8-10-34(11-9-33)23-13-20(27)12-21(28)14-23)16-30-36(18)25-15-24(31-26(29)32-25)35-7-3-5-22(35)17-37/h2,4,12-16,22,37H,3,5-11,17H2,1H3,(H2,29,31,32)/t22-/m0/s1. The smallest absolute Gasteiger partial charge is 0.224 e. The number of aliphatic hydroxyl groups excluding tert-OH is 1. The Labute approximate surface area is 214 Å². The third-order valence-corrected chi connectivity index (χ3v) is 7.11. The molecule has 5 rings (SSSR count). The molecule has 0 bridgehead atoms. The van der Waals surface area contributed by atoms with Gasteiger partial charge in [0.25, 0.3) is 0 Å². The number of aliphatic hydroxyl groups is 1. The summed E-state index contributed by atoms with van der Waals surface area (Å²) in [7, 11) is 0. The molecule has 2 aliphatic rings. The van der Waals surface area contributed by atoms with E-state index in [4.69, 9.17) is 5.73 Å². The van der Waals surface area contributed by atoms with Gasteiger partial charge in [-0.05, 0) is 31.9 Å². The van der Waals surface area contributed by atoms with Gasteiger partial charge in [0.15, 0.2) is 5.82 Å². The lowest BCUT2D eigenvalue weighted by Gasteiger charge is -2.35. The Kier molecular flexibility index (Phi) is 7.33. The van der Waals surface area contributed by atoms with Crippen LogP contribution in [0.4, 0.5) is 26.2 Å². The van der Waals surface area contributed by atoms with Crippen LogP contribution in [0.1, 0.15) is 24.1 Å². The van der Waals surface area contributed by atoms with E-state index in [0.29, 0.717) is 30.4 Å². The molecule has 2 saturated heterocycles. The summed E-state index contributed by atoms with van der Waals surface area (Å²) in [4.78, 5) is 15.2. The van der Waals surface area contributed by atoms with Gasteiger partial charge in [0.1, 0.15) is 17.5 Å². The molecule has 37 heavy (non-hydrogen) atoms. The maximum atomic E-state index is 13.6. The van der Waals surface area contributed by atoms with E-state index in [1.807, 2.05) is 24.0 Å². The molecule has 9 nitrogen and oxygen atoms in total. The highest BCUT2D eigenvalue weighted by atomic mass is 19.1. The van der Waals surface area contributed by atoms with E-state index >= 15 is 0 Å². The molecule has 0 aliphatic carbocycles. The Hall–Kier alpha value is -3.57. The number of benzene rings is 1. The van der Waals surface area contributed by atoms with Crippen molar-refractivity contribution in [2.24, 2.45) is 0 Å². The number of nitrogen functional groups attached to an aromatic ring is 1. The fraction of sp³-hybridized carbons (Fsp3) is 0.423. The first kappa shape index (κ1) is 25.1. The molecular weight excluding hydrogens is 478 g/mol. The topological polar surface area (TPSA) is 99.6 Å². The molecule has 2 fully saturated rings. The molecule has 4 heterocycles. The van der Waals surface area contributed by atoms with Crippen LogP contribution < -0.4 is 15.5 Å². The molecule has 11 heteroatoms. The number of nitrogens with zero attached hydrogens (tertiary/aromatic N) is 7. The maximum Gasteiger partial charge on any atom is 0.224 e. The quantitative estimate of drug-likeness (QED) is 0.501. The molecule has 196 valence electrons. The molecule has 2 aliphatic heterocycles. The molecule has 1 aromatic carbocycles. The average Bonchev–Trinajstić information content (AvgIpc) is 3.50. The van der Waals surface area contributed by atoms with Gasteiger partial charge in [0.2, 0.25) is 5.95 Å². The highest BCUT2D eigenvalue weighted by Gasteiger charge is 2.26. The zero-order valence-electron chi connectivity index (χ0n) is 20.9. The third-order valence-electron chi connectivity index (χ3n) is 7.11. The van der Waals surface area contributed by atoms with Crippen LogP contribution in [-0.4, -0.2) is 81.7 Å². The molecule has 3 aromatic rings. The number of halogens is 2. The number of hydrogen-bond acceptors (Lipinski definition) is 8. The van der Waals surface area contributed by atoms with E-state index in [1.54, 1.807) is 10.9 Å². The maximum absolute atomic E-state index is 13.6. The summed E-state index contributed by atoms with van der Waals surface area (Å²) in [6.07, 6.45) is 7.86. The van der Waals surface area contributed by atoms with Crippen LogP contribution in [-0.2, 0) is 0 Å². The number of anilines is 3. The fourth-order valence-corrected chi connectivity index (χ4v) is 5.08. The minimum Gasteiger partial charge on any atom is -0.394 e. The summed E-state index contributed by atoms with van der Waals surface area (Å²) in [5.41, 5.74) is 8.51. The van der Waals surface area contributed by atoms with Crippen LogP contribution in [0.15, 0.2) is 36.5 Å². The van der Waals surface area contributed by atoms with Crippen LogP contribution in [0, 0.1) is 18.6 Å². The van der Waals surface area contributed by atoms with Gasteiger partial charge in [-0.1, -0.05) is 12.2 Å². The molecule has 3 N–H and O–H groups in total. The highest BCUT2D eigenvalue weighted by molar-refractivity contribution is 5.54. The summed E-state index contributed by atoms with van der Waals surface area (Å²) < 4.78 is 28.9. The largest absolute Gasteiger partial charge is 0.394 e. The molecule has 2 aromatic heterocycles. The van der Waals surface area contributed by atoms with Gasteiger partial charge < -0.3 is 20.6 Å². The van der Waals surface area contributed by atoms with Crippen LogP contribution >= 0.6 is 0 Å². The predicted octanol–water partition coefficient (Wildman–Crippen LogP) is 2.63. The van der Waals surface area contributed by atoms with Crippen molar-refractivity contribution in [1.29, 1.82) is 0 Å². The molecular formula is C26H32F2N8O. The second kappa shape index (κ2) is 10.8. The van der Waals surface area contributed by atoms with Gasteiger partial charge >= 0.3 is 0 Å². The van der Waals surface area contributed by atoms with Gasteiger partial charge in [0, 0.05) is 62.7 Å². The fourth-order valence-electron chi connectivity index (χ4n) is 5.08. The van der Waals surface area contributed by atoms with E-state index in [9.17, 15) is 13.9 Å². The number of rotatable bonds is 7. The van der Waals surface area contributed by atoms with Crippen LogP contribution in [0.2, 0.25) is 0 Å². The van der Waals surface area contributed by atoms with Crippen molar-refractivity contribution in [1.82, 2.24) is 24.6 Å².